The summed E-state index contributed by atoms with van der Waals surface area (Å²) in [5.41, 5.74) is 0.358. The Labute approximate surface area is 165 Å². The number of hydrogen-bond acceptors (Lipinski definition) is 8. The molecule has 0 aliphatic carbocycles. The number of rotatable bonds is 7. The molecule has 2 N–H and O–H groups in total. The van der Waals surface area contributed by atoms with Crippen LogP contribution in [0.3, 0.4) is 0 Å². The molecule has 0 bridgehead atoms. The van der Waals surface area contributed by atoms with Crippen molar-refractivity contribution in [3.05, 3.63) is 41.1 Å². The Morgan fingerprint density at radius 2 is 1.72 bits per heavy atom. The minimum absolute atomic E-state index is 0.0359. The zero-order chi connectivity index (χ0) is 21.6. The summed E-state index contributed by atoms with van der Waals surface area (Å²) in [5, 5.41) is 8.86. The number of amides is 2. The van der Waals surface area contributed by atoms with Gasteiger partial charge >= 0.3 is 11.9 Å². The van der Waals surface area contributed by atoms with Crippen LogP contribution in [0.2, 0.25) is 0 Å². The van der Waals surface area contributed by atoms with Crippen molar-refractivity contribution in [3.63, 3.8) is 0 Å². The lowest BCUT2D eigenvalue weighted by atomic mass is 10.1. The molecule has 1 aromatic carbocycles. The summed E-state index contributed by atoms with van der Waals surface area (Å²) in [4.78, 5) is 48.1. The van der Waals surface area contributed by atoms with Crippen molar-refractivity contribution in [2.45, 2.75) is 0 Å². The molecule has 2 rings (SSSR count). The molecule has 11 nitrogen and oxygen atoms in total. The van der Waals surface area contributed by atoms with E-state index in [1.165, 1.54) is 50.4 Å². The summed E-state index contributed by atoms with van der Waals surface area (Å²) in [7, 11) is 5.38. The first-order chi connectivity index (χ1) is 13.8. The second kappa shape index (κ2) is 9.35. The van der Waals surface area contributed by atoms with Crippen LogP contribution >= 0.6 is 0 Å². The van der Waals surface area contributed by atoms with Gasteiger partial charge in [0.1, 0.15) is 5.56 Å². The highest BCUT2D eigenvalue weighted by Gasteiger charge is 2.19. The van der Waals surface area contributed by atoms with Crippen molar-refractivity contribution < 1.29 is 33.4 Å². The molecule has 0 atom stereocenters. The molecular formula is C18H20N4O7. The molecule has 2 amide bonds. The smallest absolute Gasteiger partial charge is 0.339 e. The fourth-order valence-electron chi connectivity index (χ4n) is 2.41. The third-order valence-electron chi connectivity index (χ3n) is 3.76. The van der Waals surface area contributed by atoms with Crippen LogP contribution in [0.1, 0.15) is 31.1 Å². The van der Waals surface area contributed by atoms with E-state index >= 15 is 0 Å². The summed E-state index contributed by atoms with van der Waals surface area (Å²) in [5.74, 6) is -2.44. The zero-order valence-electron chi connectivity index (χ0n) is 16.3. The summed E-state index contributed by atoms with van der Waals surface area (Å²) >= 11 is 0. The van der Waals surface area contributed by atoms with E-state index in [1.54, 1.807) is 7.05 Å². The summed E-state index contributed by atoms with van der Waals surface area (Å²) in [6.45, 7) is -0.403. The van der Waals surface area contributed by atoms with Crippen molar-refractivity contribution in [3.8, 4) is 5.88 Å². The number of hydrogen-bond donors (Lipinski definition) is 2. The maximum atomic E-state index is 12.3. The van der Waals surface area contributed by atoms with Crippen LogP contribution in [-0.4, -0.2) is 61.4 Å². The van der Waals surface area contributed by atoms with Crippen LogP contribution in [-0.2, 0) is 21.3 Å². The molecule has 2 aromatic rings. The molecule has 0 unspecified atom stereocenters. The molecule has 29 heavy (non-hydrogen) atoms. The molecule has 0 saturated heterocycles. The van der Waals surface area contributed by atoms with Crippen molar-refractivity contribution in [1.82, 2.24) is 15.1 Å². The maximum Gasteiger partial charge on any atom is 0.339 e. The monoisotopic (exact) mass is 404 g/mol. The summed E-state index contributed by atoms with van der Waals surface area (Å²) in [6, 6.07) is 3.97. The summed E-state index contributed by atoms with van der Waals surface area (Å²) in [6.07, 6.45) is 1.45. The Morgan fingerprint density at radius 3 is 2.34 bits per heavy atom. The molecule has 0 spiro atoms. The second-order valence-electron chi connectivity index (χ2n) is 5.70. The van der Waals surface area contributed by atoms with Crippen LogP contribution in [0.25, 0.3) is 0 Å². The predicted molar refractivity (Wildman–Crippen MR) is 99.8 cm³/mol. The van der Waals surface area contributed by atoms with Gasteiger partial charge in [-0.1, -0.05) is 0 Å². The van der Waals surface area contributed by atoms with E-state index in [9.17, 15) is 19.2 Å². The van der Waals surface area contributed by atoms with Gasteiger partial charge in [-0.25, -0.2) is 9.59 Å². The number of carbonyl (C=O) groups is 4. The highest BCUT2D eigenvalue weighted by atomic mass is 16.5. The summed E-state index contributed by atoms with van der Waals surface area (Å²) < 4.78 is 15.7. The molecule has 154 valence electrons. The lowest BCUT2D eigenvalue weighted by Crippen LogP contribution is -2.33. The number of ether oxygens (including phenoxy) is 3. The van der Waals surface area contributed by atoms with Gasteiger partial charge in [0.15, 0.2) is 0 Å². The molecule has 1 heterocycles. The molecule has 0 radical (unpaired) electrons. The van der Waals surface area contributed by atoms with Gasteiger partial charge in [0.25, 0.3) is 5.91 Å². The first-order valence-electron chi connectivity index (χ1n) is 8.27. The number of carbonyl (C=O) groups excluding carboxylic acids is 4. The van der Waals surface area contributed by atoms with Crippen LogP contribution < -0.4 is 15.4 Å². The van der Waals surface area contributed by atoms with Crippen molar-refractivity contribution in [2.24, 2.45) is 7.05 Å². The standard InChI is InChI=1S/C18H20N4O7/c1-22-9-12(16(21-22)27-2)15(24)19-8-14(23)20-13-7-10(17(25)28-3)5-6-11(13)18(26)29-4/h5-7,9H,8H2,1-4H3,(H,19,24)(H,20,23). The number of nitrogens with one attached hydrogen (secondary N) is 2. The first kappa shape index (κ1) is 21.4. The average molecular weight is 404 g/mol. The lowest BCUT2D eigenvalue weighted by molar-refractivity contribution is -0.115. The normalized spacial score (nSPS) is 10.1. The van der Waals surface area contributed by atoms with E-state index in [0.29, 0.717) is 0 Å². The Hall–Kier alpha value is -3.89. The number of methoxy groups -OCH3 is 3. The highest BCUT2D eigenvalue weighted by molar-refractivity contribution is 6.05. The number of benzene rings is 1. The van der Waals surface area contributed by atoms with E-state index < -0.39 is 30.3 Å². The highest BCUT2D eigenvalue weighted by Crippen LogP contribution is 2.20. The Morgan fingerprint density at radius 1 is 1.03 bits per heavy atom. The quantitative estimate of drug-likeness (QED) is 0.632. The van der Waals surface area contributed by atoms with Gasteiger partial charge in [0, 0.05) is 13.2 Å². The van der Waals surface area contributed by atoms with Crippen LogP contribution in [0, 0.1) is 0 Å². The Kier molecular flexibility index (Phi) is 6.90. The second-order valence-corrected chi connectivity index (χ2v) is 5.70. The first-order valence-corrected chi connectivity index (χ1v) is 8.27. The van der Waals surface area contributed by atoms with Gasteiger partial charge in [-0.2, -0.15) is 0 Å². The van der Waals surface area contributed by atoms with Gasteiger partial charge in [-0.15, -0.1) is 5.10 Å². The van der Waals surface area contributed by atoms with Gasteiger partial charge in [0.05, 0.1) is 44.7 Å². The number of aryl methyl sites for hydroxylation is 1. The number of aromatic nitrogens is 2. The van der Waals surface area contributed by atoms with Gasteiger partial charge in [-0.3, -0.25) is 14.3 Å². The van der Waals surface area contributed by atoms with E-state index in [4.69, 9.17) is 4.74 Å². The molecule has 0 fully saturated rings. The van der Waals surface area contributed by atoms with Gasteiger partial charge in [-0.05, 0) is 18.2 Å². The van der Waals surface area contributed by atoms with E-state index in [2.05, 4.69) is 25.2 Å². The fraction of sp³-hybridized carbons (Fsp3) is 0.278. The van der Waals surface area contributed by atoms with Gasteiger partial charge < -0.3 is 24.8 Å². The molecule has 1 aromatic heterocycles. The van der Waals surface area contributed by atoms with Crippen LogP contribution in [0.5, 0.6) is 5.88 Å². The minimum Gasteiger partial charge on any atom is -0.479 e. The average Bonchev–Trinajstić information content (AvgIpc) is 3.11. The predicted octanol–water partition coefficient (Wildman–Crippen LogP) is 0.370. The van der Waals surface area contributed by atoms with E-state index in [0.717, 1.165) is 0 Å². The third-order valence-corrected chi connectivity index (χ3v) is 3.76. The molecule has 0 saturated carbocycles. The van der Waals surface area contributed by atoms with E-state index in [-0.39, 0.29) is 28.3 Å². The Bertz CT molecular complexity index is 952. The molecule has 0 aliphatic heterocycles. The molecule has 0 aliphatic rings. The maximum absolute atomic E-state index is 12.3. The van der Waals surface area contributed by atoms with Crippen LogP contribution in [0.4, 0.5) is 5.69 Å². The van der Waals surface area contributed by atoms with Crippen molar-refractivity contribution in [2.75, 3.05) is 33.2 Å². The molecule has 11 heteroatoms. The Balaban J connectivity index is 2.13. The van der Waals surface area contributed by atoms with Crippen LogP contribution in [0.15, 0.2) is 24.4 Å². The third kappa shape index (κ3) is 5.09. The lowest BCUT2D eigenvalue weighted by Gasteiger charge is -2.12. The number of nitrogens with zero attached hydrogens (tertiary/aromatic N) is 2. The van der Waals surface area contributed by atoms with Crippen molar-refractivity contribution >= 4 is 29.4 Å². The zero-order valence-corrected chi connectivity index (χ0v) is 16.3. The number of anilines is 1. The minimum atomic E-state index is -0.708. The fourth-order valence-corrected chi connectivity index (χ4v) is 2.41. The SMILES string of the molecule is COC(=O)c1ccc(C(=O)OC)c(NC(=O)CNC(=O)c2cn(C)nc2OC)c1. The van der Waals surface area contributed by atoms with E-state index in [1.807, 2.05) is 0 Å². The van der Waals surface area contributed by atoms with Gasteiger partial charge in [0.2, 0.25) is 11.8 Å². The largest absolute Gasteiger partial charge is 0.479 e. The molecular weight excluding hydrogens is 384 g/mol. The van der Waals surface area contributed by atoms with Crippen molar-refractivity contribution in [1.29, 1.82) is 0 Å². The topological polar surface area (TPSA) is 138 Å². The number of esters is 2.